The van der Waals surface area contributed by atoms with E-state index in [0.717, 1.165) is 28.7 Å². The van der Waals surface area contributed by atoms with Crippen molar-refractivity contribution in [3.63, 3.8) is 0 Å². The Balaban J connectivity index is 1.37. The van der Waals surface area contributed by atoms with Gasteiger partial charge in [-0.3, -0.25) is 4.79 Å². The fourth-order valence-corrected chi connectivity index (χ4v) is 4.45. The Morgan fingerprint density at radius 1 is 1.03 bits per heavy atom. The van der Waals surface area contributed by atoms with Gasteiger partial charge in [0.2, 0.25) is 5.91 Å². The number of carboxylic acids is 1. The minimum absolute atomic E-state index is 0.0366. The van der Waals surface area contributed by atoms with Gasteiger partial charge < -0.3 is 20.5 Å². The number of alkyl carbamates (subject to hydrolysis) is 1. The minimum Gasteiger partial charge on any atom is -0.480 e. The van der Waals surface area contributed by atoms with Crippen molar-refractivity contribution in [3.8, 4) is 11.1 Å². The number of carbonyl (C=O) groups excluding carboxylic acids is 2. The molecule has 0 unspecified atom stereocenters. The van der Waals surface area contributed by atoms with E-state index >= 15 is 0 Å². The number of fused-ring (bicyclic) bond motifs is 3. The first-order chi connectivity index (χ1) is 15.2. The van der Waals surface area contributed by atoms with E-state index in [1.54, 1.807) is 0 Å². The van der Waals surface area contributed by atoms with Gasteiger partial charge in [-0.2, -0.15) is 0 Å². The van der Waals surface area contributed by atoms with Crippen LogP contribution in [0.4, 0.5) is 4.79 Å². The average molecular weight is 437 g/mol. The van der Waals surface area contributed by atoms with Crippen molar-refractivity contribution < 1.29 is 24.2 Å². The van der Waals surface area contributed by atoms with E-state index in [4.69, 9.17) is 4.74 Å². The van der Waals surface area contributed by atoms with Gasteiger partial charge in [-0.25, -0.2) is 9.59 Å². The molecule has 0 bridgehead atoms. The predicted molar refractivity (Wildman–Crippen MR) is 119 cm³/mol. The zero-order valence-corrected chi connectivity index (χ0v) is 18.3. The van der Waals surface area contributed by atoms with Crippen LogP contribution in [0.1, 0.15) is 50.2 Å². The van der Waals surface area contributed by atoms with Crippen molar-refractivity contribution in [1.29, 1.82) is 0 Å². The molecule has 3 N–H and O–H groups in total. The summed E-state index contributed by atoms with van der Waals surface area (Å²) in [4.78, 5) is 36.6. The van der Waals surface area contributed by atoms with E-state index in [0.29, 0.717) is 12.8 Å². The van der Waals surface area contributed by atoms with E-state index in [1.807, 2.05) is 24.3 Å². The third kappa shape index (κ3) is 3.95. The van der Waals surface area contributed by atoms with Gasteiger partial charge in [0, 0.05) is 12.5 Å². The van der Waals surface area contributed by atoms with Crippen molar-refractivity contribution in [2.45, 2.75) is 44.6 Å². The van der Waals surface area contributed by atoms with E-state index in [1.165, 1.54) is 13.8 Å². The van der Waals surface area contributed by atoms with E-state index in [2.05, 4.69) is 34.9 Å². The summed E-state index contributed by atoms with van der Waals surface area (Å²) in [6, 6.07) is 16.2. The van der Waals surface area contributed by atoms with Crippen molar-refractivity contribution in [1.82, 2.24) is 10.6 Å². The molecule has 2 aromatic rings. The normalized spacial score (nSPS) is 16.3. The molecule has 2 aliphatic rings. The number of amides is 2. The van der Waals surface area contributed by atoms with Crippen LogP contribution in [0.15, 0.2) is 48.5 Å². The maximum Gasteiger partial charge on any atom is 0.407 e. The number of benzene rings is 2. The highest BCUT2D eigenvalue weighted by Crippen LogP contribution is 2.44. The molecule has 0 atom stereocenters. The molecule has 0 radical (unpaired) electrons. The molecule has 32 heavy (non-hydrogen) atoms. The average Bonchev–Trinajstić information content (AvgIpc) is 3.05. The fraction of sp³-hybridized carbons (Fsp3) is 0.400. The molecule has 0 aliphatic heterocycles. The Morgan fingerprint density at radius 3 is 2.09 bits per heavy atom. The monoisotopic (exact) mass is 436 g/mol. The number of aliphatic carboxylic acids is 1. The molecular weight excluding hydrogens is 408 g/mol. The highest BCUT2D eigenvalue weighted by molar-refractivity contribution is 5.90. The molecule has 2 amide bonds. The van der Waals surface area contributed by atoms with Crippen molar-refractivity contribution in [2.24, 2.45) is 5.41 Å². The van der Waals surface area contributed by atoms with Gasteiger partial charge in [0.15, 0.2) is 0 Å². The topological polar surface area (TPSA) is 105 Å². The molecule has 4 rings (SSSR count). The smallest absolute Gasteiger partial charge is 0.407 e. The molecule has 0 heterocycles. The van der Waals surface area contributed by atoms with Gasteiger partial charge in [-0.1, -0.05) is 55.0 Å². The molecule has 2 aromatic carbocycles. The Bertz CT molecular complexity index is 1010. The van der Waals surface area contributed by atoms with Gasteiger partial charge in [-0.15, -0.1) is 0 Å². The summed E-state index contributed by atoms with van der Waals surface area (Å²) in [6.07, 6.45) is 1.47. The summed E-state index contributed by atoms with van der Waals surface area (Å²) in [5.74, 6) is -1.50. The molecule has 7 heteroatoms. The largest absolute Gasteiger partial charge is 0.480 e. The van der Waals surface area contributed by atoms with Crippen LogP contribution in [0.3, 0.4) is 0 Å². The van der Waals surface area contributed by atoms with Crippen LogP contribution in [-0.2, 0) is 14.3 Å². The van der Waals surface area contributed by atoms with Crippen LogP contribution in [0.5, 0.6) is 0 Å². The highest BCUT2D eigenvalue weighted by Gasteiger charge is 2.47. The van der Waals surface area contributed by atoms with Crippen molar-refractivity contribution in [2.75, 3.05) is 13.2 Å². The summed E-state index contributed by atoms with van der Waals surface area (Å²) in [5, 5.41) is 14.6. The molecule has 1 fully saturated rings. The highest BCUT2D eigenvalue weighted by atomic mass is 16.5. The van der Waals surface area contributed by atoms with Crippen LogP contribution in [0.2, 0.25) is 0 Å². The van der Waals surface area contributed by atoms with Gasteiger partial charge in [-0.05, 0) is 48.9 Å². The van der Waals surface area contributed by atoms with Crippen LogP contribution in [0, 0.1) is 5.41 Å². The Labute approximate surface area is 187 Å². The minimum atomic E-state index is -1.37. The molecule has 0 aromatic heterocycles. The number of carboxylic acid groups (broad SMARTS) is 1. The summed E-state index contributed by atoms with van der Waals surface area (Å²) < 4.78 is 5.55. The lowest BCUT2D eigenvalue weighted by molar-refractivity contribution is -0.149. The molecule has 2 aliphatic carbocycles. The second-order valence-corrected chi connectivity index (χ2v) is 9.20. The predicted octanol–water partition coefficient (Wildman–Crippen LogP) is 3.67. The summed E-state index contributed by atoms with van der Waals surface area (Å²) in [6.45, 7) is 3.20. The van der Waals surface area contributed by atoms with E-state index in [-0.39, 0.29) is 25.0 Å². The Hall–Kier alpha value is -3.35. The second-order valence-electron chi connectivity index (χ2n) is 9.20. The second kappa shape index (κ2) is 8.30. The maximum atomic E-state index is 12.8. The van der Waals surface area contributed by atoms with Gasteiger partial charge in [0.1, 0.15) is 12.1 Å². The lowest BCUT2D eigenvalue weighted by Crippen LogP contribution is -2.59. The maximum absolute atomic E-state index is 12.8. The van der Waals surface area contributed by atoms with E-state index in [9.17, 15) is 19.5 Å². The number of hydrogen-bond acceptors (Lipinski definition) is 4. The van der Waals surface area contributed by atoms with Gasteiger partial charge >= 0.3 is 12.1 Å². The lowest BCUT2D eigenvalue weighted by Gasteiger charge is -2.41. The Morgan fingerprint density at radius 2 is 1.59 bits per heavy atom. The van der Waals surface area contributed by atoms with Gasteiger partial charge in [0.25, 0.3) is 0 Å². The lowest BCUT2D eigenvalue weighted by atomic mass is 9.67. The van der Waals surface area contributed by atoms with Crippen molar-refractivity contribution in [3.05, 3.63) is 59.7 Å². The summed E-state index contributed by atoms with van der Waals surface area (Å²) >= 11 is 0. The molecule has 168 valence electrons. The quantitative estimate of drug-likeness (QED) is 0.614. The standard InChI is InChI=1S/C25H28N2O5/c1-24(2,22(29)30)27-21(28)25(12-7-13-25)15-26-23(31)32-14-20-18-10-5-3-8-16(18)17-9-4-6-11-19(17)20/h3-6,8-11,20H,7,12-15H2,1-2H3,(H,26,31)(H,27,28)(H,29,30). The molecule has 7 nitrogen and oxygen atoms in total. The Kier molecular flexibility index (Phi) is 5.67. The number of ether oxygens (including phenoxy) is 1. The summed E-state index contributed by atoms with van der Waals surface area (Å²) in [7, 11) is 0. The van der Waals surface area contributed by atoms with Crippen LogP contribution >= 0.6 is 0 Å². The first kappa shape index (κ1) is 21.9. The zero-order chi connectivity index (χ0) is 22.9. The zero-order valence-electron chi connectivity index (χ0n) is 18.3. The molecule has 0 spiro atoms. The molecule has 1 saturated carbocycles. The number of rotatable bonds is 7. The number of carbonyl (C=O) groups is 3. The van der Waals surface area contributed by atoms with Gasteiger partial charge in [0.05, 0.1) is 5.41 Å². The molecule has 0 saturated heterocycles. The van der Waals surface area contributed by atoms with Crippen LogP contribution < -0.4 is 10.6 Å². The number of nitrogens with one attached hydrogen (secondary N) is 2. The van der Waals surface area contributed by atoms with Crippen LogP contribution in [-0.4, -0.2) is 41.8 Å². The third-order valence-corrected chi connectivity index (χ3v) is 6.67. The van der Waals surface area contributed by atoms with Crippen molar-refractivity contribution >= 4 is 18.0 Å². The first-order valence-electron chi connectivity index (χ1n) is 10.9. The summed E-state index contributed by atoms with van der Waals surface area (Å²) in [5.41, 5.74) is 2.41. The molecular formula is C25H28N2O5. The SMILES string of the molecule is CC(C)(NC(=O)C1(CNC(=O)OCC2c3ccccc3-c3ccccc32)CCC1)C(=O)O. The number of hydrogen-bond donors (Lipinski definition) is 3. The fourth-order valence-electron chi connectivity index (χ4n) is 4.45. The van der Waals surface area contributed by atoms with E-state index < -0.39 is 23.0 Å². The third-order valence-electron chi connectivity index (χ3n) is 6.67. The van der Waals surface area contributed by atoms with Crippen LogP contribution in [0.25, 0.3) is 11.1 Å². The first-order valence-corrected chi connectivity index (χ1v) is 10.9.